The standard InChI is InChI=1S/C13H17ClFNO2/c1-13(2,12(17)18-3)8-16-7-9-5-4-6-10(14)11(9)15/h4-6,16H,7-8H2,1-3H3. The van der Waals surface area contributed by atoms with Gasteiger partial charge in [-0.25, -0.2) is 4.39 Å². The minimum Gasteiger partial charge on any atom is -0.469 e. The van der Waals surface area contributed by atoms with Crippen LogP contribution in [-0.4, -0.2) is 19.6 Å². The number of methoxy groups -OCH3 is 1. The summed E-state index contributed by atoms with van der Waals surface area (Å²) < 4.78 is 18.3. The molecule has 0 amide bonds. The summed E-state index contributed by atoms with van der Waals surface area (Å²) in [5.74, 6) is -0.732. The van der Waals surface area contributed by atoms with Crippen LogP contribution in [-0.2, 0) is 16.1 Å². The molecule has 1 N–H and O–H groups in total. The van der Waals surface area contributed by atoms with Crippen molar-refractivity contribution in [3.8, 4) is 0 Å². The van der Waals surface area contributed by atoms with Gasteiger partial charge in [0, 0.05) is 18.7 Å². The summed E-state index contributed by atoms with van der Waals surface area (Å²) in [7, 11) is 1.35. The first-order valence-corrected chi connectivity index (χ1v) is 5.98. The van der Waals surface area contributed by atoms with Crippen molar-refractivity contribution >= 4 is 17.6 Å². The summed E-state index contributed by atoms with van der Waals surface area (Å²) in [4.78, 5) is 11.4. The number of ether oxygens (including phenoxy) is 1. The molecule has 0 aliphatic heterocycles. The summed E-state index contributed by atoms with van der Waals surface area (Å²) in [6.07, 6.45) is 0. The molecule has 0 fully saturated rings. The molecule has 18 heavy (non-hydrogen) atoms. The van der Waals surface area contributed by atoms with Gasteiger partial charge in [-0.2, -0.15) is 0 Å². The molecule has 0 aliphatic carbocycles. The zero-order chi connectivity index (χ0) is 13.8. The van der Waals surface area contributed by atoms with Crippen LogP contribution in [0, 0.1) is 11.2 Å². The van der Waals surface area contributed by atoms with Crippen LogP contribution in [0.25, 0.3) is 0 Å². The number of hydrogen-bond donors (Lipinski definition) is 1. The lowest BCUT2D eigenvalue weighted by atomic mass is 9.93. The zero-order valence-corrected chi connectivity index (χ0v) is 11.5. The van der Waals surface area contributed by atoms with Crippen molar-refractivity contribution in [2.75, 3.05) is 13.7 Å². The van der Waals surface area contributed by atoms with Gasteiger partial charge < -0.3 is 10.1 Å². The van der Waals surface area contributed by atoms with Crippen LogP contribution in [0.5, 0.6) is 0 Å². The molecule has 0 unspecified atom stereocenters. The smallest absolute Gasteiger partial charge is 0.312 e. The van der Waals surface area contributed by atoms with E-state index in [1.807, 2.05) is 0 Å². The lowest BCUT2D eigenvalue weighted by Gasteiger charge is -2.21. The fourth-order valence-electron chi connectivity index (χ4n) is 1.54. The minimum atomic E-state index is -0.649. The number of halogens is 2. The van der Waals surface area contributed by atoms with E-state index in [-0.39, 0.29) is 11.0 Å². The molecule has 0 saturated heterocycles. The third kappa shape index (κ3) is 3.68. The van der Waals surface area contributed by atoms with Gasteiger partial charge in [0.05, 0.1) is 17.5 Å². The van der Waals surface area contributed by atoms with Crippen molar-refractivity contribution in [2.24, 2.45) is 5.41 Å². The molecule has 1 aromatic rings. The second-order valence-corrected chi connectivity index (χ2v) is 5.10. The van der Waals surface area contributed by atoms with Crippen molar-refractivity contribution in [3.05, 3.63) is 34.6 Å². The van der Waals surface area contributed by atoms with Gasteiger partial charge in [0.25, 0.3) is 0 Å². The molecule has 1 rings (SSSR count). The van der Waals surface area contributed by atoms with Crippen LogP contribution in [0.2, 0.25) is 5.02 Å². The van der Waals surface area contributed by atoms with Gasteiger partial charge in [-0.3, -0.25) is 4.79 Å². The number of hydrogen-bond acceptors (Lipinski definition) is 3. The summed E-state index contributed by atoms with van der Waals surface area (Å²) in [6, 6.07) is 4.84. The number of rotatable bonds is 5. The van der Waals surface area contributed by atoms with Crippen molar-refractivity contribution < 1.29 is 13.9 Å². The molecule has 0 saturated carbocycles. The van der Waals surface area contributed by atoms with Crippen LogP contribution >= 0.6 is 11.6 Å². The number of benzene rings is 1. The zero-order valence-electron chi connectivity index (χ0n) is 10.7. The lowest BCUT2D eigenvalue weighted by Crippen LogP contribution is -2.36. The minimum absolute atomic E-state index is 0.0986. The first kappa shape index (κ1) is 14.9. The van der Waals surface area contributed by atoms with Crippen LogP contribution in [0.3, 0.4) is 0 Å². The van der Waals surface area contributed by atoms with Crippen molar-refractivity contribution in [1.29, 1.82) is 0 Å². The second kappa shape index (κ2) is 6.16. The van der Waals surface area contributed by atoms with Gasteiger partial charge in [0.1, 0.15) is 5.82 Å². The van der Waals surface area contributed by atoms with Gasteiger partial charge in [-0.15, -0.1) is 0 Å². The third-order valence-corrected chi connectivity index (χ3v) is 2.94. The summed E-state index contributed by atoms with van der Waals surface area (Å²) >= 11 is 5.68. The fraction of sp³-hybridized carbons (Fsp3) is 0.462. The predicted molar refractivity (Wildman–Crippen MR) is 68.9 cm³/mol. The highest BCUT2D eigenvalue weighted by molar-refractivity contribution is 6.30. The monoisotopic (exact) mass is 273 g/mol. The second-order valence-electron chi connectivity index (χ2n) is 4.69. The molecule has 1 aromatic carbocycles. The Balaban J connectivity index is 2.57. The molecular formula is C13H17ClFNO2. The van der Waals surface area contributed by atoms with Crippen LogP contribution in [0.4, 0.5) is 4.39 Å². The Labute approximate surface area is 111 Å². The molecular weight excluding hydrogens is 257 g/mol. The average Bonchev–Trinajstić information content (AvgIpc) is 2.33. The van der Waals surface area contributed by atoms with E-state index in [0.717, 1.165) is 0 Å². The molecule has 0 atom stereocenters. The normalized spacial score (nSPS) is 11.4. The van der Waals surface area contributed by atoms with Crippen molar-refractivity contribution in [2.45, 2.75) is 20.4 Å². The molecule has 3 nitrogen and oxygen atoms in total. The molecule has 0 aromatic heterocycles. The molecule has 0 heterocycles. The maximum atomic E-state index is 13.6. The maximum absolute atomic E-state index is 13.6. The summed E-state index contributed by atoms with van der Waals surface area (Å²) in [5, 5.41) is 3.12. The molecule has 100 valence electrons. The van der Waals surface area contributed by atoms with E-state index in [1.165, 1.54) is 13.2 Å². The van der Waals surface area contributed by atoms with E-state index in [0.29, 0.717) is 18.7 Å². The lowest BCUT2D eigenvalue weighted by molar-refractivity contribution is -0.150. The average molecular weight is 274 g/mol. The van der Waals surface area contributed by atoms with Gasteiger partial charge in [0.15, 0.2) is 0 Å². The van der Waals surface area contributed by atoms with Crippen LogP contribution in [0.1, 0.15) is 19.4 Å². The van der Waals surface area contributed by atoms with E-state index in [9.17, 15) is 9.18 Å². The van der Waals surface area contributed by atoms with E-state index in [1.54, 1.807) is 26.0 Å². The molecule has 0 bridgehead atoms. The van der Waals surface area contributed by atoms with E-state index < -0.39 is 11.2 Å². The number of carbonyl (C=O) groups excluding carboxylic acids is 1. The fourth-order valence-corrected chi connectivity index (χ4v) is 1.74. The van der Waals surface area contributed by atoms with Gasteiger partial charge in [-0.05, 0) is 19.9 Å². The molecule has 0 spiro atoms. The first-order valence-electron chi connectivity index (χ1n) is 5.60. The van der Waals surface area contributed by atoms with E-state index in [4.69, 9.17) is 11.6 Å². The number of esters is 1. The van der Waals surface area contributed by atoms with Crippen molar-refractivity contribution in [3.63, 3.8) is 0 Å². The van der Waals surface area contributed by atoms with Gasteiger partial charge >= 0.3 is 5.97 Å². The highest BCUT2D eigenvalue weighted by atomic mass is 35.5. The highest BCUT2D eigenvalue weighted by Crippen LogP contribution is 2.19. The number of carbonyl (C=O) groups is 1. The topological polar surface area (TPSA) is 38.3 Å². The summed E-state index contributed by atoms with van der Waals surface area (Å²) in [6.45, 7) is 4.23. The maximum Gasteiger partial charge on any atom is 0.312 e. The quantitative estimate of drug-likeness (QED) is 0.839. The predicted octanol–water partition coefficient (Wildman–Crippen LogP) is 2.77. The Morgan fingerprint density at radius 1 is 1.50 bits per heavy atom. The molecule has 0 radical (unpaired) electrons. The Morgan fingerprint density at radius 3 is 2.78 bits per heavy atom. The Kier molecular flexibility index (Phi) is 5.11. The van der Waals surface area contributed by atoms with Gasteiger partial charge in [-0.1, -0.05) is 23.7 Å². The van der Waals surface area contributed by atoms with E-state index in [2.05, 4.69) is 10.1 Å². The van der Waals surface area contributed by atoms with Crippen LogP contribution in [0.15, 0.2) is 18.2 Å². The van der Waals surface area contributed by atoms with Crippen LogP contribution < -0.4 is 5.32 Å². The Bertz CT molecular complexity index is 435. The number of nitrogens with one attached hydrogen (secondary N) is 1. The third-order valence-electron chi connectivity index (χ3n) is 2.65. The van der Waals surface area contributed by atoms with Crippen molar-refractivity contribution in [1.82, 2.24) is 5.32 Å². The highest BCUT2D eigenvalue weighted by Gasteiger charge is 2.28. The molecule has 0 aliphatic rings. The largest absolute Gasteiger partial charge is 0.469 e. The SMILES string of the molecule is COC(=O)C(C)(C)CNCc1cccc(Cl)c1F. The summed E-state index contributed by atoms with van der Waals surface area (Å²) in [5.41, 5.74) is -0.174. The molecule has 5 heteroatoms. The first-order chi connectivity index (χ1) is 8.38. The van der Waals surface area contributed by atoms with E-state index >= 15 is 0 Å². The van der Waals surface area contributed by atoms with Gasteiger partial charge in [0.2, 0.25) is 0 Å². The Hall–Kier alpha value is -1.13. The Morgan fingerprint density at radius 2 is 2.17 bits per heavy atom.